The van der Waals surface area contributed by atoms with Crippen LogP contribution in [0.1, 0.15) is 12.0 Å². The lowest BCUT2D eigenvalue weighted by molar-refractivity contribution is -0.124. The van der Waals surface area contributed by atoms with Crippen LogP contribution in [0.2, 0.25) is 0 Å². The number of hydrogen-bond acceptors (Lipinski definition) is 5. The van der Waals surface area contributed by atoms with Gasteiger partial charge in [0, 0.05) is 6.54 Å². The zero-order valence-corrected chi connectivity index (χ0v) is 12.3. The first kappa shape index (κ1) is 14.2. The molecule has 1 fully saturated rings. The number of carbonyl (C=O) groups excluding carboxylic acids is 1. The summed E-state index contributed by atoms with van der Waals surface area (Å²) >= 11 is 0. The fraction of sp³-hybridized carbons (Fsp3) is 0.500. The summed E-state index contributed by atoms with van der Waals surface area (Å²) in [5.74, 6) is 0.985. The van der Waals surface area contributed by atoms with Gasteiger partial charge in [0.05, 0.1) is 17.4 Å². The average molecular weight is 311 g/mol. The predicted molar refractivity (Wildman–Crippen MR) is 76.0 cm³/mol. The maximum absolute atomic E-state index is 11.9. The van der Waals surface area contributed by atoms with Crippen LogP contribution in [0.25, 0.3) is 0 Å². The number of rotatable bonds is 4. The third kappa shape index (κ3) is 3.29. The number of carbonyl (C=O) groups is 1. The van der Waals surface area contributed by atoms with Crippen molar-refractivity contribution in [2.75, 3.05) is 24.8 Å². The van der Waals surface area contributed by atoms with Gasteiger partial charge < -0.3 is 14.8 Å². The highest BCUT2D eigenvalue weighted by molar-refractivity contribution is 7.91. The summed E-state index contributed by atoms with van der Waals surface area (Å²) in [6.45, 7) is 0.723. The second-order valence-corrected chi connectivity index (χ2v) is 7.56. The van der Waals surface area contributed by atoms with Crippen LogP contribution in [0.15, 0.2) is 18.2 Å². The van der Waals surface area contributed by atoms with E-state index in [-0.39, 0.29) is 24.2 Å². The van der Waals surface area contributed by atoms with Crippen molar-refractivity contribution in [3.63, 3.8) is 0 Å². The fourth-order valence-electron chi connectivity index (χ4n) is 2.57. The van der Waals surface area contributed by atoms with Crippen LogP contribution in [0.4, 0.5) is 0 Å². The minimum atomic E-state index is -3.02. The van der Waals surface area contributed by atoms with Crippen LogP contribution in [0.3, 0.4) is 0 Å². The monoisotopic (exact) mass is 311 g/mol. The van der Waals surface area contributed by atoms with E-state index in [2.05, 4.69) is 5.32 Å². The summed E-state index contributed by atoms with van der Waals surface area (Å²) in [5, 5.41) is 2.80. The number of sulfone groups is 1. The largest absolute Gasteiger partial charge is 0.454 e. The van der Waals surface area contributed by atoms with E-state index < -0.39 is 15.8 Å². The molecule has 2 heterocycles. The number of benzene rings is 1. The van der Waals surface area contributed by atoms with Crippen LogP contribution >= 0.6 is 0 Å². The van der Waals surface area contributed by atoms with Gasteiger partial charge in [-0.15, -0.1) is 0 Å². The molecule has 0 spiro atoms. The lowest BCUT2D eigenvalue weighted by Crippen LogP contribution is -2.32. The lowest BCUT2D eigenvalue weighted by Gasteiger charge is -2.09. The van der Waals surface area contributed by atoms with Crippen molar-refractivity contribution in [3.8, 4) is 11.5 Å². The Morgan fingerprint density at radius 2 is 2.10 bits per heavy atom. The van der Waals surface area contributed by atoms with Crippen molar-refractivity contribution in [1.82, 2.24) is 5.32 Å². The first-order valence-electron chi connectivity index (χ1n) is 6.90. The summed E-state index contributed by atoms with van der Waals surface area (Å²) < 4.78 is 33.2. The molecule has 21 heavy (non-hydrogen) atoms. The van der Waals surface area contributed by atoms with E-state index in [0.717, 1.165) is 17.1 Å². The molecule has 1 aromatic carbocycles. The van der Waals surface area contributed by atoms with Gasteiger partial charge in [0.15, 0.2) is 21.3 Å². The number of fused-ring (bicyclic) bond motifs is 1. The van der Waals surface area contributed by atoms with E-state index in [1.54, 1.807) is 0 Å². The number of nitrogens with one attached hydrogen (secondary N) is 1. The smallest absolute Gasteiger partial charge is 0.231 e. The quantitative estimate of drug-likeness (QED) is 0.876. The highest BCUT2D eigenvalue weighted by Gasteiger charge is 2.32. The van der Waals surface area contributed by atoms with Gasteiger partial charge in [0.2, 0.25) is 12.7 Å². The van der Waals surface area contributed by atoms with E-state index >= 15 is 0 Å². The molecule has 7 heteroatoms. The molecule has 2 aliphatic heterocycles. The molecule has 6 nitrogen and oxygen atoms in total. The van der Waals surface area contributed by atoms with Crippen LogP contribution in [-0.4, -0.2) is 39.2 Å². The number of amides is 1. The minimum Gasteiger partial charge on any atom is -0.454 e. The van der Waals surface area contributed by atoms with Gasteiger partial charge in [0.1, 0.15) is 0 Å². The Hall–Kier alpha value is -1.76. The normalized spacial score (nSPS) is 22.2. The summed E-state index contributed by atoms with van der Waals surface area (Å²) in [5.41, 5.74) is 1.04. The third-order valence-electron chi connectivity index (χ3n) is 3.75. The summed E-state index contributed by atoms with van der Waals surface area (Å²) in [4.78, 5) is 11.9. The topological polar surface area (TPSA) is 81.7 Å². The average Bonchev–Trinajstić information content (AvgIpc) is 3.04. The molecular formula is C14H17NO5S. The predicted octanol–water partition coefficient (Wildman–Crippen LogP) is 0.509. The first-order valence-corrected chi connectivity index (χ1v) is 8.72. The van der Waals surface area contributed by atoms with E-state index in [4.69, 9.17) is 9.47 Å². The lowest BCUT2D eigenvalue weighted by atomic mass is 10.1. The van der Waals surface area contributed by atoms with Crippen molar-refractivity contribution >= 4 is 15.7 Å². The zero-order valence-electron chi connectivity index (χ0n) is 11.5. The second kappa shape index (κ2) is 5.55. The van der Waals surface area contributed by atoms with Gasteiger partial charge in [-0.05, 0) is 30.5 Å². The van der Waals surface area contributed by atoms with Crippen molar-refractivity contribution in [1.29, 1.82) is 0 Å². The molecule has 1 atom stereocenters. The summed E-state index contributed by atoms with van der Waals surface area (Å²) in [7, 11) is -3.02. The SMILES string of the molecule is O=C(NCCc1ccc2c(c1)OCO2)[C@@H]1CCS(=O)(=O)C1. The zero-order chi connectivity index (χ0) is 14.9. The molecule has 1 aromatic rings. The Morgan fingerprint density at radius 3 is 2.86 bits per heavy atom. The van der Waals surface area contributed by atoms with Crippen LogP contribution in [0.5, 0.6) is 11.5 Å². The standard InChI is InChI=1S/C14H17NO5S/c16-14(11-4-6-21(17,18)8-11)15-5-3-10-1-2-12-13(7-10)20-9-19-12/h1-2,7,11H,3-6,8-9H2,(H,15,16)/t11-/m1/s1. The molecule has 1 amide bonds. The molecule has 0 unspecified atom stereocenters. The summed E-state index contributed by atoms with van der Waals surface area (Å²) in [6, 6.07) is 5.68. The van der Waals surface area contributed by atoms with Crippen LogP contribution < -0.4 is 14.8 Å². The number of ether oxygens (including phenoxy) is 2. The molecule has 0 saturated carbocycles. The molecule has 2 aliphatic rings. The highest BCUT2D eigenvalue weighted by atomic mass is 32.2. The molecule has 0 aliphatic carbocycles. The molecule has 1 N–H and O–H groups in total. The second-order valence-electron chi connectivity index (χ2n) is 5.33. The molecule has 0 radical (unpaired) electrons. The Labute approximate surface area is 123 Å². The van der Waals surface area contributed by atoms with Gasteiger partial charge in [-0.2, -0.15) is 0 Å². The Morgan fingerprint density at radius 1 is 1.29 bits per heavy atom. The van der Waals surface area contributed by atoms with Crippen molar-refractivity contribution in [3.05, 3.63) is 23.8 Å². The van der Waals surface area contributed by atoms with E-state index in [0.29, 0.717) is 19.4 Å². The fourth-order valence-corrected chi connectivity index (χ4v) is 4.31. The minimum absolute atomic E-state index is 0.0249. The molecular weight excluding hydrogens is 294 g/mol. The molecule has 1 saturated heterocycles. The molecule has 0 bridgehead atoms. The van der Waals surface area contributed by atoms with Gasteiger partial charge >= 0.3 is 0 Å². The highest BCUT2D eigenvalue weighted by Crippen LogP contribution is 2.32. The molecule has 0 aromatic heterocycles. The Bertz CT molecular complexity index is 655. The maximum Gasteiger partial charge on any atom is 0.231 e. The van der Waals surface area contributed by atoms with Crippen LogP contribution in [0, 0.1) is 5.92 Å². The van der Waals surface area contributed by atoms with Gasteiger partial charge in [0.25, 0.3) is 0 Å². The van der Waals surface area contributed by atoms with E-state index in [1.807, 2.05) is 18.2 Å². The van der Waals surface area contributed by atoms with Crippen molar-refractivity contribution < 1.29 is 22.7 Å². The molecule has 114 valence electrons. The summed E-state index contributed by atoms with van der Waals surface area (Å²) in [6.07, 6.45) is 1.10. The van der Waals surface area contributed by atoms with Crippen molar-refractivity contribution in [2.24, 2.45) is 5.92 Å². The van der Waals surface area contributed by atoms with Gasteiger partial charge in [-0.3, -0.25) is 4.79 Å². The van der Waals surface area contributed by atoms with Gasteiger partial charge in [-0.25, -0.2) is 8.42 Å². The number of hydrogen-bond donors (Lipinski definition) is 1. The maximum atomic E-state index is 11.9. The van der Waals surface area contributed by atoms with Crippen LogP contribution in [-0.2, 0) is 21.1 Å². The van der Waals surface area contributed by atoms with Crippen molar-refractivity contribution in [2.45, 2.75) is 12.8 Å². The Kier molecular flexibility index (Phi) is 3.75. The van der Waals surface area contributed by atoms with E-state index in [9.17, 15) is 13.2 Å². The third-order valence-corrected chi connectivity index (χ3v) is 5.52. The Balaban J connectivity index is 1.49. The first-order chi connectivity index (χ1) is 10.0. The molecule has 3 rings (SSSR count). The van der Waals surface area contributed by atoms with Gasteiger partial charge in [-0.1, -0.05) is 6.07 Å². The van der Waals surface area contributed by atoms with E-state index in [1.165, 1.54) is 0 Å².